The quantitative estimate of drug-likeness (QED) is 0.916. The fourth-order valence-corrected chi connectivity index (χ4v) is 4.14. The van der Waals surface area contributed by atoms with E-state index >= 15 is 0 Å². The molecule has 0 radical (unpaired) electrons. The third kappa shape index (κ3) is 3.34. The maximum absolute atomic E-state index is 6.42. The molecule has 1 aliphatic rings. The standard InChI is InChI=1S/C14H21ClN2S/c1-10-8-17(9-11(2)18-10)14-5-4-12(7-16-3)6-13(14)15/h4-6,10-11,16H,7-9H2,1-3H3. The van der Waals surface area contributed by atoms with E-state index in [9.17, 15) is 0 Å². The highest BCUT2D eigenvalue weighted by molar-refractivity contribution is 8.00. The minimum absolute atomic E-state index is 0.668. The molecular formula is C14H21ClN2S. The monoisotopic (exact) mass is 284 g/mol. The molecule has 1 aromatic carbocycles. The summed E-state index contributed by atoms with van der Waals surface area (Å²) < 4.78 is 0. The van der Waals surface area contributed by atoms with Crippen molar-refractivity contribution >= 4 is 29.1 Å². The number of halogens is 1. The van der Waals surface area contributed by atoms with Crippen LogP contribution in [0.2, 0.25) is 5.02 Å². The normalized spacial score (nSPS) is 24.3. The average Bonchev–Trinajstić information content (AvgIpc) is 2.28. The van der Waals surface area contributed by atoms with Gasteiger partial charge >= 0.3 is 0 Å². The Kier molecular flexibility index (Phi) is 4.82. The molecule has 0 aliphatic carbocycles. The molecule has 1 heterocycles. The third-order valence-electron chi connectivity index (χ3n) is 3.15. The number of benzene rings is 1. The van der Waals surface area contributed by atoms with Crippen LogP contribution >= 0.6 is 23.4 Å². The van der Waals surface area contributed by atoms with Crippen LogP contribution in [0.4, 0.5) is 5.69 Å². The van der Waals surface area contributed by atoms with E-state index in [1.165, 1.54) is 11.3 Å². The lowest BCUT2D eigenvalue weighted by Crippen LogP contribution is -2.40. The SMILES string of the molecule is CNCc1ccc(N2CC(C)SC(C)C2)c(Cl)c1. The highest BCUT2D eigenvalue weighted by Gasteiger charge is 2.23. The second kappa shape index (κ2) is 6.18. The van der Waals surface area contributed by atoms with E-state index in [1.54, 1.807) is 0 Å². The summed E-state index contributed by atoms with van der Waals surface area (Å²) in [5, 5.41) is 5.35. The summed E-state index contributed by atoms with van der Waals surface area (Å²) in [6.45, 7) is 7.61. The van der Waals surface area contributed by atoms with Gasteiger partial charge in [-0.2, -0.15) is 11.8 Å². The summed E-state index contributed by atoms with van der Waals surface area (Å²) in [6.07, 6.45) is 0. The van der Waals surface area contributed by atoms with Crippen molar-refractivity contribution in [2.24, 2.45) is 0 Å². The number of rotatable bonds is 3. The predicted octanol–water partition coefficient (Wildman–Crippen LogP) is 3.39. The van der Waals surface area contributed by atoms with E-state index < -0.39 is 0 Å². The van der Waals surface area contributed by atoms with Gasteiger partial charge in [-0.15, -0.1) is 0 Å². The molecule has 18 heavy (non-hydrogen) atoms. The molecule has 4 heteroatoms. The van der Waals surface area contributed by atoms with Crippen molar-refractivity contribution in [1.29, 1.82) is 0 Å². The topological polar surface area (TPSA) is 15.3 Å². The summed E-state index contributed by atoms with van der Waals surface area (Å²) in [5.74, 6) is 0. The van der Waals surface area contributed by atoms with Gasteiger partial charge in [0, 0.05) is 30.1 Å². The first-order valence-corrected chi connectivity index (χ1v) is 7.75. The van der Waals surface area contributed by atoms with Crippen LogP contribution in [0.25, 0.3) is 0 Å². The number of thioether (sulfide) groups is 1. The molecule has 0 saturated carbocycles. The molecule has 2 unspecified atom stereocenters. The molecule has 1 fully saturated rings. The van der Waals surface area contributed by atoms with Crippen LogP contribution in [0.1, 0.15) is 19.4 Å². The Labute approximate surface area is 119 Å². The summed E-state index contributed by atoms with van der Waals surface area (Å²) in [7, 11) is 1.95. The first-order valence-electron chi connectivity index (χ1n) is 6.43. The lowest BCUT2D eigenvalue weighted by Gasteiger charge is -2.36. The fourth-order valence-electron chi connectivity index (χ4n) is 2.50. The van der Waals surface area contributed by atoms with Crippen LogP contribution < -0.4 is 10.2 Å². The van der Waals surface area contributed by atoms with Crippen LogP contribution in [-0.4, -0.2) is 30.6 Å². The van der Waals surface area contributed by atoms with Crippen molar-refractivity contribution in [3.8, 4) is 0 Å². The van der Waals surface area contributed by atoms with Gasteiger partial charge in [0.15, 0.2) is 0 Å². The Morgan fingerprint density at radius 1 is 1.33 bits per heavy atom. The molecule has 0 aromatic heterocycles. The number of hydrogen-bond donors (Lipinski definition) is 1. The van der Waals surface area contributed by atoms with Crippen molar-refractivity contribution in [2.75, 3.05) is 25.0 Å². The zero-order valence-corrected chi connectivity index (χ0v) is 12.8. The summed E-state index contributed by atoms with van der Waals surface area (Å²) in [6, 6.07) is 6.39. The molecule has 1 saturated heterocycles. The van der Waals surface area contributed by atoms with Gasteiger partial charge in [0.05, 0.1) is 10.7 Å². The lowest BCUT2D eigenvalue weighted by atomic mass is 10.1. The van der Waals surface area contributed by atoms with Gasteiger partial charge in [0.2, 0.25) is 0 Å². The highest BCUT2D eigenvalue weighted by atomic mass is 35.5. The van der Waals surface area contributed by atoms with Crippen molar-refractivity contribution in [1.82, 2.24) is 5.32 Å². The zero-order chi connectivity index (χ0) is 13.1. The smallest absolute Gasteiger partial charge is 0.0642 e. The van der Waals surface area contributed by atoms with Crippen LogP contribution in [0.3, 0.4) is 0 Å². The van der Waals surface area contributed by atoms with Crippen molar-refractivity contribution in [3.05, 3.63) is 28.8 Å². The minimum atomic E-state index is 0.668. The highest BCUT2D eigenvalue weighted by Crippen LogP contribution is 2.33. The Morgan fingerprint density at radius 3 is 2.56 bits per heavy atom. The Balaban J connectivity index is 2.17. The lowest BCUT2D eigenvalue weighted by molar-refractivity contribution is 0.728. The molecule has 2 atom stereocenters. The van der Waals surface area contributed by atoms with E-state index in [-0.39, 0.29) is 0 Å². The number of nitrogens with zero attached hydrogens (tertiary/aromatic N) is 1. The molecule has 1 aromatic rings. The van der Waals surface area contributed by atoms with Gasteiger partial charge in [0.25, 0.3) is 0 Å². The minimum Gasteiger partial charge on any atom is -0.368 e. The van der Waals surface area contributed by atoms with E-state index in [0.29, 0.717) is 10.5 Å². The van der Waals surface area contributed by atoms with Gasteiger partial charge in [-0.3, -0.25) is 0 Å². The van der Waals surface area contributed by atoms with E-state index in [2.05, 4.69) is 54.0 Å². The number of anilines is 1. The van der Waals surface area contributed by atoms with Gasteiger partial charge < -0.3 is 10.2 Å². The van der Waals surface area contributed by atoms with Crippen molar-refractivity contribution in [2.45, 2.75) is 30.9 Å². The first kappa shape index (κ1) is 14.0. The van der Waals surface area contributed by atoms with Gasteiger partial charge in [-0.1, -0.05) is 31.5 Å². The first-order chi connectivity index (χ1) is 8.60. The zero-order valence-electron chi connectivity index (χ0n) is 11.2. The second-order valence-corrected chi connectivity index (χ2v) is 7.27. The molecule has 100 valence electrons. The van der Waals surface area contributed by atoms with E-state index in [1.807, 2.05) is 7.05 Å². The predicted molar refractivity (Wildman–Crippen MR) is 82.9 cm³/mol. The molecule has 0 bridgehead atoms. The second-order valence-electron chi connectivity index (χ2n) is 4.98. The molecule has 1 aliphatic heterocycles. The van der Waals surface area contributed by atoms with Gasteiger partial charge in [0.1, 0.15) is 0 Å². The summed E-state index contributed by atoms with van der Waals surface area (Å²) in [5.41, 5.74) is 2.41. The molecule has 1 N–H and O–H groups in total. The van der Waals surface area contributed by atoms with Crippen molar-refractivity contribution in [3.63, 3.8) is 0 Å². The van der Waals surface area contributed by atoms with E-state index in [0.717, 1.165) is 24.7 Å². The summed E-state index contributed by atoms with van der Waals surface area (Å²) in [4.78, 5) is 2.41. The fraction of sp³-hybridized carbons (Fsp3) is 0.571. The van der Waals surface area contributed by atoms with Crippen molar-refractivity contribution < 1.29 is 0 Å². The van der Waals surface area contributed by atoms with Crippen LogP contribution in [-0.2, 0) is 6.54 Å². The van der Waals surface area contributed by atoms with Gasteiger partial charge in [-0.05, 0) is 24.7 Å². The molecular weight excluding hydrogens is 264 g/mol. The Bertz CT molecular complexity index is 401. The molecule has 2 rings (SSSR count). The number of nitrogens with one attached hydrogen (secondary N) is 1. The Morgan fingerprint density at radius 2 is 2.00 bits per heavy atom. The molecule has 0 amide bonds. The largest absolute Gasteiger partial charge is 0.368 e. The van der Waals surface area contributed by atoms with Crippen LogP contribution in [0, 0.1) is 0 Å². The van der Waals surface area contributed by atoms with Crippen LogP contribution in [0.15, 0.2) is 18.2 Å². The van der Waals surface area contributed by atoms with Gasteiger partial charge in [-0.25, -0.2) is 0 Å². The Hall–Kier alpha value is -0.380. The average molecular weight is 285 g/mol. The maximum atomic E-state index is 6.42. The third-order valence-corrected chi connectivity index (χ3v) is 4.68. The van der Waals surface area contributed by atoms with Crippen LogP contribution in [0.5, 0.6) is 0 Å². The number of hydrogen-bond acceptors (Lipinski definition) is 3. The molecule has 2 nitrogen and oxygen atoms in total. The van der Waals surface area contributed by atoms with E-state index in [4.69, 9.17) is 11.6 Å². The molecule has 0 spiro atoms. The maximum Gasteiger partial charge on any atom is 0.0642 e. The summed E-state index contributed by atoms with van der Waals surface area (Å²) >= 11 is 8.48.